The second kappa shape index (κ2) is 8.48. The summed E-state index contributed by atoms with van der Waals surface area (Å²) in [4.78, 5) is 19.2. The van der Waals surface area contributed by atoms with Gasteiger partial charge in [-0.25, -0.2) is 9.37 Å². The Morgan fingerprint density at radius 2 is 1.93 bits per heavy atom. The Bertz CT molecular complexity index is 764. The number of piperidine rings is 1. The summed E-state index contributed by atoms with van der Waals surface area (Å²) in [5, 5.41) is 6.59. The first-order chi connectivity index (χ1) is 13.2. The second-order valence-electron chi connectivity index (χ2n) is 7.72. The third-order valence-corrected chi connectivity index (χ3v) is 6.34. The van der Waals surface area contributed by atoms with Crippen molar-refractivity contribution in [3.05, 3.63) is 51.7 Å². The predicted octanol–water partition coefficient (Wildman–Crippen LogP) is 3.41. The lowest BCUT2D eigenvalue weighted by Gasteiger charge is -2.32. The van der Waals surface area contributed by atoms with Gasteiger partial charge in [0, 0.05) is 30.9 Å². The highest BCUT2D eigenvalue weighted by molar-refractivity contribution is 7.09. The lowest BCUT2D eigenvalue weighted by molar-refractivity contribution is -0.131. The number of hydrogen-bond acceptors (Lipinski definition) is 4. The maximum Gasteiger partial charge on any atom is 0.228 e. The number of halogens is 1. The Morgan fingerprint density at radius 1 is 1.19 bits per heavy atom. The number of aromatic nitrogens is 1. The number of nitrogens with zero attached hydrogens (tertiary/aromatic N) is 2. The largest absolute Gasteiger partial charge is 0.342 e. The molecule has 0 spiro atoms. The minimum absolute atomic E-state index is 0.175. The molecule has 0 atom stereocenters. The molecule has 0 radical (unpaired) electrons. The van der Waals surface area contributed by atoms with Gasteiger partial charge < -0.3 is 10.2 Å². The van der Waals surface area contributed by atoms with E-state index in [1.807, 2.05) is 10.3 Å². The van der Waals surface area contributed by atoms with Crippen LogP contribution in [0.3, 0.4) is 0 Å². The number of hydrogen-bond donors (Lipinski definition) is 1. The standard InChI is InChI=1S/C21H26FN3OS/c22-17-5-3-15(4-6-17)11-20-24-19(14-27-20)12-21(26)25-9-7-18(8-10-25)23-13-16-1-2-16/h3-6,14,16,18,23H,1-2,7-13H2. The zero-order valence-electron chi connectivity index (χ0n) is 15.5. The van der Waals surface area contributed by atoms with Crippen molar-refractivity contribution >= 4 is 17.2 Å². The lowest BCUT2D eigenvalue weighted by atomic mass is 10.0. The van der Waals surface area contributed by atoms with Gasteiger partial charge in [-0.15, -0.1) is 11.3 Å². The van der Waals surface area contributed by atoms with Crippen LogP contribution in [-0.2, 0) is 17.6 Å². The van der Waals surface area contributed by atoms with Gasteiger partial charge in [0.05, 0.1) is 17.1 Å². The number of thiazole rings is 1. The number of carbonyl (C=O) groups is 1. The smallest absolute Gasteiger partial charge is 0.228 e. The first-order valence-corrected chi connectivity index (χ1v) is 10.7. The van der Waals surface area contributed by atoms with E-state index in [4.69, 9.17) is 0 Å². The summed E-state index contributed by atoms with van der Waals surface area (Å²) in [5.74, 6) is 0.850. The Balaban J connectivity index is 1.23. The summed E-state index contributed by atoms with van der Waals surface area (Å²) in [7, 11) is 0. The van der Waals surface area contributed by atoms with Crippen LogP contribution in [0.25, 0.3) is 0 Å². The van der Waals surface area contributed by atoms with Crippen LogP contribution in [0.2, 0.25) is 0 Å². The molecule has 2 heterocycles. The van der Waals surface area contributed by atoms with Gasteiger partial charge in [0.2, 0.25) is 5.91 Å². The zero-order chi connectivity index (χ0) is 18.6. The van der Waals surface area contributed by atoms with Crippen molar-refractivity contribution in [2.24, 2.45) is 5.92 Å². The normalized spacial score (nSPS) is 18.0. The van der Waals surface area contributed by atoms with Gasteiger partial charge in [-0.05, 0) is 55.8 Å². The topological polar surface area (TPSA) is 45.2 Å². The van der Waals surface area contributed by atoms with E-state index in [0.29, 0.717) is 18.9 Å². The molecule has 1 aromatic heterocycles. The second-order valence-corrected chi connectivity index (χ2v) is 8.66. The molecule has 1 N–H and O–H groups in total. The van der Waals surface area contributed by atoms with Crippen LogP contribution in [0.1, 0.15) is 41.9 Å². The average Bonchev–Trinajstić information content (AvgIpc) is 3.42. The SMILES string of the molecule is O=C(Cc1csc(Cc2ccc(F)cc2)n1)N1CCC(NCC2CC2)CC1. The van der Waals surface area contributed by atoms with Crippen molar-refractivity contribution in [1.29, 1.82) is 0 Å². The molecule has 2 aromatic rings. The number of amides is 1. The summed E-state index contributed by atoms with van der Waals surface area (Å²) in [6.07, 6.45) is 5.90. The molecule has 1 saturated heterocycles. The van der Waals surface area contributed by atoms with Crippen LogP contribution in [-0.4, -0.2) is 41.5 Å². The Hall–Kier alpha value is -1.79. The van der Waals surface area contributed by atoms with E-state index in [1.54, 1.807) is 23.5 Å². The van der Waals surface area contributed by atoms with Crippen molar-refractivity contribution < 1.29 is 9.18 Å². The molecule has 6 heteroatoms. The van der Waals surface area contributed by atoms with E-state index in [2.05, 4.69) is 10.3 Å². The monoisotopic (exact) mass is 387 g/mol. The molecule has 2 fully saturated rings. The molecule has 4 nitrogen and oxygen atoms in total. The van der Waals surface area contributed by atoms with Crippen LogP contribution < -0.4 is 5.32 Å². The highest BCUT2D eigenvalue weighted by atomic mass is 32.1. The molecule has 1 saturated carbocycles. The summed E-state index contributed by atoms with van der Waals surface area (Å²) in [5.41, 5.74) is 1.88. The van der Waals surface area contributed by atoms with E-state index in [-0.39, 0.29) is 11.7 Å². The fourth-order valence-electron chi connectivity index (χ4n) is 3.54. The maximum atomic E-state index is 13.0. The highest BCUT2D eigenvalue weighted by Crippen LogP contribution is 2.28. The van der Waals surface area contributed by atoms with Gasteiger partial charge in [-0.3, -0.25) is 4.79 Å². The van der Waals surface area contributed by atoms with Gasteiger partial charge >= 0.3 is 0 Å². The van der Waals surface area contributed by atoms with Crippen molar-refractivity contribution in [3.8, 4) is 0 Å². The number of likely N-dealkylation sites (tertiary alicyclic amines) is 1. The minimum Gasteiger partial charge on any atom is -0.342 e. The van der Waals surface area contributed by atoms with Gasteiger partial charge in [0.15, 0.2) is 0 Å². The summed E-state index contributed by atoms with van der Waals surface area (Å²) in [6, 6.07) is 7.06. The first-order valence-electron chi connectivity index (χ1n) is 9.84. The molecule has 1 amide bonds. The minimum atomic E-state index is -0.226. The Kier molecular flexibility index (Phi) is 5.83. The average molecular weight is 388 g/mol. The fourth-order valence-corrected chi connectivity index (χ4v) is 4.37. The maximum absolute atomic E-state index is 13.0. The van der Waals surface area contributed by atoms with Crippen LogP contribution in [0.5, 0.6) is 0 Å². The third-order valence-electron chi connectivity index (χ3n) is 5.44. The first kappa shape index (κ1) is 18.6. The summed E-state index contributed by atoms with van der Waals surface area (Å²) in [6.45, 7) is 2.83. The van der Waals surface area contributed by atoms with E-state index in [0.717, 1.165) is 54.7 Å². The van der Waals surface area contributed by atoms with E-state index >= 15 is 0 Å². The molecule has 2 aliphatic rings. The number of nitrogens with one attached hydrogen (secondary N) is 1. The molecule has 0 unspecified atom stereocenters. The van der Waals surface area contributed by atoms with Crippen molar-refractivity contribution in [2.75, 3.05) is 19.6 Å². The Morgan fingerprint density at radius 3 is 2.63 bits per heavy atom. The molecular weight excluding hydrogens is 361 g/mol. The Labute approximate surface area is 163 Å². The fraction of sp³-hybridized carbons (Fsp3) is 0.524. The van der Waals surface area contributed by atoms with Crippen molar-refractivity contribution in [3.63, 3.8) is 0 Å². The van der Waals surface area contributed by atoms with E-state index in [1.165, 1.54) is 25.0 Å². The van der Waals surface area contributed by atoms with Crippen molar-refractivity contribution in [1.82, 2.24) is 15.2 Å². The van der Waals surface area contributed by atoms with Gasteiger partial charge in [0.25, 0.3) is 0 Å². The van der Waals surface area contributed by atoms with Crippen LogP contribution in [0.4, 0.5) is 4.39 Å². The molecule has 0 bridgehead atoms. The van der Waals surface area contributed by atoms with E-state index in [9.17, 15) is 9.18 Å². The van der Waals surface area contributed by atoms with Crippen LogP contribution in [0, 0.1) is 11.7 Å². The van der Waals surface area contributed by atoms with Crippen LogP contribution >= 0.6 is 11.3 Å². The quantitative estimate of drug-likeness (QED) is 0.792. The summed E-state index contributed by atoms with van der Waals surface area (Å²) < 4.78 is 13.0. The van der Waals surface area contributed by atoms with Crippen LogP contribution in [0.15, 0.2) is 29.6 Å². The van der Waals surface area contributed by atoms with Gasteiger partial charge in [-0.1, -0.05) is 12.1 Å². The highest BCUT2D eigenvalue weighted by Gasteiger charge is 2.26. The molecule has 144 valence electrons. The number of carbonyl (C=O) groups excluding carboxylic acids is 1. The van der Waals surface area contributed by atoms with Crippen molar-refractivity contribution in [2.45, 2.75) is 44.6 Å². The molecule has 27 heavy (non-hydrogen) atoms. The molecule has 4 rings (SSSR count). The number of benzene rings is 1. The number of rotatable bonds is 7. The lowest BCUT2D eigenvalue weighted by Crippen LogP contribution is -2.45. The van der Waals surface area contributed by atoms with E-state index < -0.39 is 0 Å². The molecule has 1 aliphatic heterocycles. The molecule has 1 aromatic carbocycles. The predicted molar refractivity (Wildman–Crippen MR) is 105 cm³/mol. The zero-order valence-corrected chi connectivity index (χ0v) is 16.3. The van der Waals surface area contributed by atoms with Gasteiger partial charge in [-0.2, -0.15) is 0 Å². The summed E-state index contributed by atoms with van der Waals surface area (Å²) >= 11 is 1.57. The molecular formula is C21H26FN3OS. The molecule has 1 aliphatic carbocycles. The van der Waals surface area contributed by atoms with Gasteiger partial charge in [0.1, 0.15) is 5.82 Å². The third kappa shape index (κ3) is 5.36.